The molecule has 0 unspecified atom stereocenters. The quantitative estimate of drug-likeness (QED) is 0.460. The van der Waals surface area contributed by atoms with E-state index in [1.807, 2.05) is 13.8 Å². The number of esters is 1. The van der Waals surface area contributed by atoms with Gasteiger partial charge in [-0.15, -0.1) is 0 Å². The molecule has 0 aliphatic heterocycles. The molecule has 4 heteroatoms. The first-order valence-electron chi connectivity index (χ1n) is 4.03. The van der Waals surface area contributed by atoms with Crippen molar-refractivity contribution in [2.24, 2.45) is 5.92 Å². The van der Waals surface area contributed by atoms with Gasteiger partial charge in [0.1, 0.15) is 6.04 Å². The van der Waals surface area contributed by atoms with Gasteiger partial charge in [-0.1, -0.05) is 13.8 Å². The summed E-state index contributed by atoms with van der Waals surface area (Å²) >= 11 is 0. The average Bonchev–Trinajstić information content (AvgIpc) is 2.01. The van der Waals surface area contributed by atoms with Crippen molar-refractivity contribution in [2.75, 3.05) is 13.8 Å². The fourth-order valence-electron chi connectivity index (χ4n) is 0.987. The highest BCUT2D eigenvalue weighted by molar-refractivity contribution is 5.75. The van der Waals surface area contributed by atoms with E-state index >= 15 is 0 Å². The van der Waals surface area contributed by atoms with Crippen molar-refractivity contribution in [3.05, 3.63) is 0 Å². The molecule has 0 fully saturated rings. The summed E-state index contributed by atoms with van der Waals surface area (Å²) in [6, 6.07) is -0.389. The minimum Gasteiger partial charge on any atom is -0.468 e. The maximum Gasteiger partial charge on any atom is 0.322 e. The van der Waals surface area contributed by atoms with Crippen molar-refractivity contribution in [2.45, 2.75) is 26.3 Å². The van der Waals surface area contributed by atoms with Gasteiger partial charge in [0.05, 0.1) is 13.8 Å². The summed E-state index contributed by atoms with van der Waals surface area (Å²) in [6.07, 6.45) is 0.674. The van der Waals surface area contributed by atoms with Crippen LogP contribution in [0.1, 0.15) is 20.3 Å². The van der Waals surface area contributed by atoms with Crippen LogP contribution in [0.15, 0.2) is 0 Å². The summed E-state index contributed by atoms with van der Waals surface area (Å²) in [5, 5.41) is 11.2. The normalized spacial score (nSPS) is 13.1. The van der Waals surface area contributed by atoms with Crippen LogP contribution in [0.2, 0.25) is 0 Å². The third-order valence-corrected chi connectivity index (χ3v) is 1.53. The Labute approximate surface area is 72.9 Å². The molecule has 4 nitrogen and oxygen atoms in total. The maximum absolute atomic E-state index is 11.0. The number of rotatable bonds is 5. The highest BCUT2D eigenvalue weighted by atomic mass is 16.5. The Hall–Kier alpha value is -0.610. The van der Waals surface area contributed by atoms with Crippen molar-refractivity contribution in [1.29, 1.82) is 0 Å². The molecule has 12 heavy (non-hydrogen) atoms. The SMILES string of the molecule is COC(=O)[C@H](CC(C)C)NCO. The van der Waals surface area contributed by atoms with Crippen LogP contribution in [-0.4, -0.2) is 31.0 Å². The highest BCUT2D eigenvalue weighted by Gasteiger charge is 2.18. The zero-order valence-corrected chi connectivity index (χ0v) is 7.83. The van der Waals surface area contributed by atoms with E-state index in [-0.39, 0.29) is 18.7 Å². The summed E-state index contributed by atoms with van der Waals surface area (Å²) in [7, 11) is 1.34. The lowest BCUT2D eigenvalue weighted by Gasteiger charge is -2.16. The molecule has 0 rings (SSSR count). The van der Waals surface area contributed by atoms with Crippen molar-refractivity contribution >= 4 is 5.97 Å². The summed E-state index contributed by atoms with van der Waals surface area (Å²) in [6.45, 7) is 3.82. The predicted molar refractivity (Wildman–Crippen MR) is 45.5 cm³/mol. The van der Waals surface area contributed by atoms with Gasteiger partial charge >= 0.3 is 5.97 Å². The maximum atomic E-state index is 11.0. The second-order valence-corrected chi connectivity index (χ2v) is 3.07. The summed E-state index contributed by atoms with van der Waals surface area (Å²) < 4.78 is 4.55. The molecule has 0 aromatic rings. The number of carbonyl (C=O) groups excluding carboxylic acids is 1. The van der Waals surface area contributed by atoms with E-state index in [1.165, 1.54) is 7.11 Å². The molecular formula is C8H17NO3. The average molecular weight is 175 g/mol. The molecule has 0 heterocycles. The second-order valence-electron chi connectivity index (χ2n) is 3.07. The number of nitrogens with one attached hydrogen (secondary N) is 1. The fraction of sp³-hybridized carbons (Fsp3) is 0.875. The van der Waals surface area contributed by atoms with Crippen LogP contribution >= 0.6 is 0 Å². The van der Waals surface area contributed by atoms with E-state index in [1.54, 1.807) is 0 Å². The molecule has 0 radical (unpaired) electrons. The predicted octanol–water partition coefficient (Wildman–Crippen LogP) is 0.114. The summed E-state index contributed by atoms with van der Waals surface area (Å²) in [5.41, 5.74) is 0. The van der Waals surface area contributed by atoms with Gasteiger partial charge in [-0.2, -0.15) is 0 Å². The molecule has 0 spiro atoms. The van der Waals surface area contributed by atoms with E-state index in [4.69, 9.17) is 5.11 Å². The minimum absolute atomic E-state index is 0.202. The Morgan fingerprint density at radius 2 is 2.17 bits per heavy atom. The van der Waals surface area contributed by atoms with Gasteiger partial charge in [-0.3, -0.25) is 10.1 Å². The smallest absolute Gasteiger partial charge is 0.322 e. The van der Waals surface area contributed by atoms with Crippen LogP contribution in [0.25, 0.3) is 0 Å². The first-order chi connectivity index (χ1) is 5.61. The molecule has 0 amide bonds. The number of hydrogen-bond acceptors (Lipinski definition) is 4. The monoisotopic (exact) mass is 175 g/mol. The minimum atomic E-state index is -0.389. The molecule has 72 valence electrons. The molecule has 1 atom stereocenters. The third-order valence-electron chi connectivity index (χ3n) is 1.53. The van der Waals surface area contributed by atoms with Gasteiger partial charge in [-0.05, 0) is 12.3 Å². The van der Waals surface area contributed by atoms with Crippen molar-refractivity contribution in [3.8, 4) is 0 Å². The summed E-state index contributed by atoms with van der Waals surface area (Å²) in [4.78, 5) is 11.0. The van der Waals surface area contributed by atoms with Gasteiger partial charge in [0, 0.05) is 0 Å². The Kier molecular flexibility index (Phi) is 5.66. The Morgan fingerprint density at radius 1 is 1.58 bits per heavy atom. The highest BCUT2D eigenvalue weighted by Crippen LogP contribution is 2.05. The number of hydrogen-bond donors (Lipinski definition) is 2. The third kappa shape index (κ3) is 4.31. The second kappa shape index (κ2) is 5.97. The topological polar surface area (TPSA) is 58.6 Å². The first-order valence-corrected chi connectivity index (χ1v) is 4.03. The van der Waals surface area contributed by atoms with Crippen LogP contribution in [0.5, 0.6) is 0 Å². The van der Waals surface area contributed by atoms with Gasteiger partial charge in [0.25, 0.3) is 0 Å². The molecule has 0 aliphatic rings. The van der Waals surface area contributed by atoms with E-state index in [2.05, 4.69) is 10.1 Å². The zero-order chi connectivity index (χ0) is 9.56. The van der Waals surface area contributed by atoms with Gasteiger partial charge in [0.15, 0.2) is 0 Å². The van der Waals surface area contributed by atoms with E-state index in [0.29, 0.717) is 12.3 Å². The van der Waals surface area contributed by atoms with Gasteiger partial charge < -0.3 is 9.84 Å². The molecule has 0 saturated heterocycles. The van der Waals surface area contributed by atoms with Gasteiger partial charge in [-0.25, -0.2) is 0 Å². The van der Waals surface area contributed by atoms with E-state index in [0.717, 1.165) is 0 Å². The number of aliphatic hydroxyl groups excluding tert-OH is 1. The lowest BCUT2D eigenvalue weighted by molar-refractivity contribution is -0.144. The molecule has 2 N–H and O–H groups in total. The molecule has 0 saturated carbocycles. The lowest BCUT2D eigenvalue weighted by atomic mass is 10.0. The number of carbonyl (C=O) groups is 1. The molecule has 0 aromatic carbocycles. The van der Waals surface area contributed by atoms with Crippen LogP contribution in [0.3, 0.4) is 0 Å². The van der Waals surface area contributed by atoms with E-state index < -0.39 is 0 Å². The number of methoxy groups -OCH3 is 1. The van der Waals surface area contributed by atoms with Crippen molar-refractivity contribution in [3.63, 3.8) is 0 Å². The molecule has 0 bridgehead atoms. The van der Waals surface area contributed by atoms with Crippen molar-refractivity contribution < 1.29 is 14.6 Å². The van der Waals surface area contributed by atoms with Crippen LogP contribution in [0.4, 0.5) is 0 Å². The van der Waals surface area contributed by atoms with Crippen LogP contribution in [0, 0.1) is 5.92 Å². The molecule has 0 aromatic heterocycles. The zero-order valence-electron chi connectivity index (χ0n) is 7.83. The largest absolute Gasteiger partial charge is 0.468 e. The summed E-state index contributed by atoms with van der Waals surface area (Å²) in [5.74, 6) is 0.0749. The first kappa shape index (κ1) is 11.4. The standard InChI is InChI=1S/C8H17NO3/c1-6(2)4-7(9-5-10)8(11)12-3/h6-7,9-10H,4-5H2,1-3H3/t7-/m0/s1. The lowest BCUT2D eigenvalue weighted by Crippen LogP contribution is -2.39. The Morgan fingerprint density at radius 3 is 2.50 bits per heavy atom. The van der Waals surface area contributed by atoms with Crippen LogP contribution in [-0.2, 0) is 9.53 Å². The Bertz CT molecular complexity index is 136. The van der Waals surface area contributed by atoms with Gasteiger partial charge in [0.2, 0.25) is 0 Å². The molecular weight excluding hydrogens is 158 g/mol. The molecule has 0 aliphatic carbocycles. The Balaban J connectivity index is 3.94. The fourth-order valence-corrected chi connectivity index (χ4v) is 0.987. The van der Waals surface area contributed by atoms with Crippen molar-refractivity contribution in [1.82, 2.24) is 5.32 Å². The van der Waals surface area contributed by atoms with E-state index in [9.17, 15) is 4.79 Å². The number of ether oxygens (including phenoxy) is 1. The van der Waals surface area contributed by atoms with Crippen LogP contribution < -0.4 is 5.32 Å². The number of aliphatic hydroxyl groups is 1.